The number of amides is 1. The standard InChI is InChI=1S/C19H25N5O2/c1-14-3-4-15(2)17(13-14)22-18(25)16-5-6-20-19(23-16)21-7-8-24-9-11-26-12-10-24/h3-6,13H,7-12H2,1-2H3,(H,22,25)(H,20,21,23). The minimum atomic E-state index is -0.239. The van der Waals surface area contributed by atoms with Crippen LogP contribution in [-0.4, -0.2) is 60.2 Å². The molecule has 2 N–H and O–H groups in total. The Hall–Kier alpha value is -2.51. The van der Waals surface area contributed by atoms with E-state index in [1.165, 1.54) is 0 Å². The highest BCUT2D eigenvalue weighted by Gasteiger charge is 2.12. The van der Waals surface area contributed by atoms with Crippen molar-refractivity contribution in [2.45, 2.75) is 13.8 Å². The number of anilines is 2. The van der Waals surface area contributed by atoms with Crippen molar-refractivity contribution in [2.75, 3.05) is 50.0 Å². The summed E-state index contributed by atoms with van der Waals surface area (Å²) in [4.78, 5) is 23.4. The number of carbonyl (C=O) groups is 1. The zero-order valence-electron chi connectivity index (χ0n) is 15.3. The Bertz CT molecular complexity index is 759. The van der Waals surface area contributed by atoms with Gasteiger partial charge in [0.25, 0.3) is 5.91 Å². The molecule has 0 bridgehead atoms. The summed E-state index contributed by atoms with van der Waals surface area (Å²) in [7, 11) is 0. The Morgan fingerprint density at radius 3 is 2.85 bits per heavy atom. The Morgan fingerprint density at radius 1 is 1.23 bits per heavy atom. The maximum absolute atomic E-state index is 12.5. The van der Waals surface area contributed by atoms with Crippen LogP contribution in [0.3, 0.4) is 0 Å². The van der Waals surface area contributed by atoms with E-state index in [4.69, 9.17) is 4.74 Å². The van der Waals surface area contributed by atoms with Crippen LogP contribution < -0.4 is 10.6 Å². The molecule has 1 aliphatic rings. The summed E-state index contributed by atoms with van der Waals surface area (Å²) < 4.78 is 5.34. The van der Waals surface area contributed by atoms with Gasteiger partial charge in [0.15, 0.2) is 0 Å². The van der Waals surface area contributed by atoms with E-state index in [0.717, 1.165) is 56.2 Å². The van der Waals surface area contributed by atoms with Gasteiger partial charge in [-0.1, -0.05) is 12.1 Å². The molecule has 0 aliphatic carbocycles. The fourth-order valence-corrected chi connectivity index (χ4v) is 2.78. The Kier molecular flexibility index (Phi) is 6.14. The second kappa shape index (κ2) is 8.73. The number of hydrogen-bond acceptors (Lipinski definition) is 6. The summed E-state index contributed by atoms with van der Waals surface area (Å²) in [6.07, 6.45) is 1.60. The molecule has 0 saturated carbocycles. The van der Waals surface area contributed by atoms with Crippen LogP contribution >= 0.6 is 0 Å². The number of aromatic nitrogens is 2. The predicted octanol–water partition coefficient (Wildman–Crippen LogP) is 2.09. The molecule has 0 radical (unpaired) electrons. The molecule has 0 spiro atoms. The van der Waals surface area contributed by atoms with E-state index in [1.54, 1.807) is 12.3 Å². The quantitative estimate of drug-likeness (QED) is 0.826. The monoisotopic (exact) mass is 355 g/mol. The molecular weight excluding hydrogens is 330 g/mol. The fourth-order valence-electron chi connectivity index (χ4n) is 2.78. The number of nitrogens with zero attached hydrogens (tertiary/aromatic N) is 3. The van der Waals surface area contributed by atoms with Crippen LogP contribution in [0.25, 0.3) is 0 Å². The lowest BCUT2D eigenvalue weighted by molar-refractivity contribution is 0.0398. The smallest absolute Gasteiger partial charge is 0.274 e. The first-order valence-electron chi connectivity index (χ1n) is 8.87. The first kappa shape index (κ1) is 18.3. The SMILES string of the molecule is Cc1ccc(C)c(NC(=O)c2ccnc(NCCN3CCOCC3)n2)c1. The number of ether oxygens (including phenoxy) is 1. The Balaban J connectivity index is 1.57. The number of nitrogens with one attached hydrogen (secondary N) is 2. The molecule has 1 saturated heterocycles. The number of rotatable bonds is 6. The third-order valence-electron chi connectivity index (χ3n) is 4.34. The second-order valence-electron chi connectivity index (χ2n) is 6.42. The number of aryl methyl sites for hydroxylation is 2. The third-order valence-corrected chi connectivity index (χ3v) is 4.34. The maximum Gasteiger partial charge on any atom is 0.274 e. The first-order valence-corrected chi connectivity index (χ1v) is 8.87. The molecule has 1 amide bonds. The topological polar surface area (TPSA) is 79.4 Å². The molecule has 1 fully saturated rings. The van der Waals surface area contributed by atoms with E-state index in [2.05, 4.69) is 25.5 Å². The Labute approximate surface area is 153 Å². The van der Waals surface area contributed by atoms with Crippen molar-refractivity contribution < 1.29 is 9.53 Å². The first-order chi connectivity index (χ1) is 12.6. The summed E-state index contributed by atoms with van der Waals surface area (Å²) in [5.41, 5.74) is 3.26. The number of carbonyl (C=O) groups excluding carboxylic acids is 1. The van der Waals surface area contributed by atoms with Crippen LogP contribution in [0.5, 0.6) is 0 Å². The molecule has 1 aromatic heterocycles. The van der Waals surface area contributed by atoms with Crippen LogP contribution in [0.15, 0.2) is 30.5 Å². The zero-order chi connectivity index (χ0) is 18.4. The van der Waals surface area contributed by atoms with Gasteiger partial charge in [0.2, 0.25) is 5.95 Å². The summed E-state index contributed by atoms with van der Waals surface area (Å²) in [5.74, 6) is 0.226. The molecule has 26 heavy (non-hydrogen) atoms. The van der Waals surface area contributed by atoms with Crippen molar-refractivity contribution >= 4 is 17.5 Å². The van der Waals surface area contributed by atoms with Gasteiger partial charge in [0.1, 0.15) is 5.69 Å². The molecule has 138 valence electrons. The van der Waals surface area contributed by atoms with Gasteiger partial charge in [0.05, 0.1) is 13.2 Å². The molecule has 2 aromatic rings. The highest BCUT2D eigenvalue weighted by Crippen LogP contribution is 2.17. The summed E-state index contributed by atoms with van der Waals surface area (Å²) in [6, 6.07) is 7.58. The highest BCUT2D eigenvalue weighted by molar-refractivity contribution is 6.03. The van der Waals surface area contributed by atoms with E-state index >= 15 is 0 Å². The van der Waals surface area contributed by atoms with Gasteiger partial charge < -0.3 is 15.4 Å². The molecular formula is C19H25N5O2. The molecule has 1 aromatic carbocycles. The molecule has 0 unspecified atom stereocenters. The lowest BCUT2D eigenvalue weighted by Gasteiger charge is -2.26. The largest absolute Gasteiger partial charge is 0.379 e. The van der Waals surface area contributed by atoms with Gasteiger partial charge in [-0.2, -0.15) is 0 Å². The van der Waals surface area contributed by atoms with Crippen molar-refractivity contribution in [3.63, 3.8) is 0 Å². The van der Waals surface area contributed by atoms with Gasteiger partial charge in [-0.15, -0.1) is 0 Å². The van der Waals surface area contributed by atoms with Crippen molar-refractivity contribution in [1.29, 1.82) is 0 Å². The lowest BCUT2D eigenvalue weighted by atomic mass is 10.1. The van der Waals surface area contributed by atoms with Gasteiger partial charge in [0, 0.05) is 38.1 Å². The van der Waals surface area contributed by atoms with Gasteiger partial charge in [-0.25, -0.2) is 9.97 Å². The van der Waals surface area contributed by atoms with Crippen LogP contribution in [0.2, 0.25) is 0 Å². The second-order valence-corrected chi connectivity index (χ2v) is 6.42. The van der Waals surface area contributed by atoms with E-state index in [-0.39, 0.29) is 5.91 Å². The van der Waals surface area contributed by atoms with Gasteiger partial charge >= 0.3 is 0 Å². The van der Waals surface area contributed by atoms with Crippen molar-refractivity contribution in [2.24, 2.45) is 0 Å². The van der Waals surface area contributed by atoms with Crippen LogP contribution in [0.1, 0.15) is 21.6 Å². The van der Waals surface area contributed by atoms with E-state index < -0.39 is 0 Å². The molecule has 7 heteroatoms. The molecule has 1 aliphatic heterocycles. The van der Waals surface area contributed by atoms with E-state index in [0.29, 0.717) is 11.6 Å². The van der Waals surface area contributed by atoms with Crippen molar-refractivity contribution in [3.8, 4) is 0 Å². The van der Waals surface area contributed by atoms with Gasteiger partial charge in [-0.3, -0.25) is 9.69 Å². The van der Waals surface area contributed by atoms with Crippen LogP contribution in [0.4, 0.5) is 11.6 Å². The van der Waals surface area contributed by atoms with Gasteiger partial charge in [-0.05, 0) is 37.1 Å². The number of hydrogen-bond donors (Lipinski definition) is 2. The minimum absolute atomic E-state index is 0.239. The molecule has 0 atom stereocenters. The summed E-state index contributed by atoms with van der Waals surface area (Å²) in [5, 5.41) is 6.11. The third kappa shape index (κ3) is 5.00. The zero-order valence-corrected chi connectivity index (χ0v) is 15.3. The molecule has 2 heterocycles. The molecule has 7 nitrogen and oxygen atoms in total. The fraction of sp³-hybridized carbons (Fsp3) is 0.421. The van der Waals surface area contributed by atoms with Crippen LogP contribution in [-0.2, 0) is 4.74 Å². The normalized spacial score (nSPS) is 14.8. The number of benzene rings is 1. The van der Waals surface area contributed by atoms with E-state index in [1.807, 2.05) is 32.0 Å². The van der Waals surface area contributed by atoms with Crippen molar-refractivity contribution in [1.82, 2.24) is 14.9 Å². The maximum atomic E-state index is 12.5. The lowest BCUT2D eigenvalue weighted by Crippen LogP contribution is -2.39. The minimum Gasteiger partial charge on any atom is -0.379 e. The van der Waals surface area contributed by atoms with Crippen LogP contribution in [0, 0.1) is 13.8 Å². The predicted molar refractivity (Wildman–Crippen MR) is 102 cm³/mol. The Morgan fingerprint density at radius 2 is 2.04 bits per heavy atom. The van der Waals surface area contributed by atoms with Crippen molar-refractivity contribution in [3.05, 3.63) is 47.3 Å². The highest BCUT2D eigenvalue weighted by atomic mass is 16.5. The van der Waals surface area contributed by atoms with E-state index in [9.17, 15) is 4.79 Å². The average Bonchev–Trinajstić information content (AvgIpc) is 2.66. The molecule has 3 rings (SSSR count). The summed E-state index contributed by atoms with van der Waals surface area (Å²) in [6.45, 7) is 9.04. The summed E-state index contributed by atoms with van der Waals surface area (Å²) >= 11 is 0. The number of morpholine rings is 1. The average molecular weight is 355 g/mol.